The second kappa shape index (κ2) is 6.55. The number of hydrogen-bond acceptors (Lipinski definition) is 2. The van der Waals surface area contributed by atoms with E-state index in [0.29, 0.717) is 11.9 Å². The first-order chi connectivity index (χ1) is 8.68. The van der Waals surface area contributed by atoms with Crippen LogP contribution in [0.25, 0.3) is 0 Å². The van der Waals surface area contributed by atoms with Crippen LogP contribution in [0.1, 0.15) is 58.8 Å². The minimum absolute atomic E-state index is 0.0139. The fourth-order valence-corrected chi connectivity index (χ4v) is 3.45. The summed E-state index contributed by atoms with van der Waals surface area (Å²) in [6, 6.07) is 0.465. The molecule has 1 aliphatic heterocycles. The van der Waals surface area contributed by atoms with Crippen molar-refractivity contribution in [1.29, 1.82) is 0 Å². The number of hydrogen-bond donors (Lipinski definition) is 1. The Kier molecular flexibility index (Phi) is 5.04. The molecule has 0 spiro atoms. The number of nitrogens with zero attached hydrogens (tertiary/aromatic N) is 1. The van der Waals surface area contributed by atoms with Gasteiger partial charge in [-0.05, 0) is 45.4 Å². The molecule has 0 aromatic heterocycles. The molecule has 1 saturated heterocycles. The average Bonchev–Trinajstić information content (AvgIpc) is 2.92. The zero-order chi connectivity index (χ0) is 13.0. The first-order valence-electron chi connectivity index (χ1n) is 7.73. The molecule has 1 amide bonds. The van der Waals surface area contributed by atoms with Gasteiger partial charge < -0.3 is 10.2 Å². The first-order valence-corrected chi connectivity index (χ1v) is 7.73. The van der Waals surface area contributed by atoms with Gasteiger partial charge in [0.25, 0.3) is 0 Å². The van der Waals surface area contributed by atoms with Gasteiger partial charge in [0.15, 0.2) is 0 Å². The van der Waals surface area contributed by atoms with E-state index in [2.05, 4.69) is 12.2 Å². The first kappa shape index (κ1) is 13.9. The van der Waals surface area contributed by atoms with Crippen molar-refractivity contribution in [2.45, 2.75) is 70.9 Å². The van der Waals surface area contributed by atoms with Crippen LogP contribution >= 0.6 is 0 Å². The van der Waals surface area contributed by atoms with Crippen molar-refractivity contribution in [2.24, 2.45) is 5.92 Å². The lowest BCUT2D eigenvalue weighted by atomic mass is 9.84. The molecule has 1 heterocycles. The summed E-state index contributed by atoms with van der Waals surface area (Å²) in [4.78, 5) is 14.2. The van der Waals surface area contributed by atoms with Crippen molar-refractivity contribution < 1.29 is 4.79 Å². The maximum Gasteiger partial charge on any atom is 0.239 e. The Morgan fingerprint density at radius 3 is 2.28 bits per heavy atom. The van der Waals surface area contributed by atoms with Crippen LogP contribution in [0.2, 0.25) is 0 Å². The monoisotopic (exact) mass is 252 g/mol. The van der Waals surface area contributed by atoms with Crippen LogP contribution in [0, 0.1) is 5.92 Å². The van der Waals surface area contributed by atoms with Gasteiger partial charge in [-0.25, -0.2) is 0 Å². The van der Waals surface area contributed by atoms with E-state index in [4.69, 9.17) is 0 Å². The number of amides is 1. The molecular formula is C15H28N2O. The van der Waals surface area contributed by atoms with Crippen molar-refractivity contribution in [1.82, 2.24) is 10.2 Å². The Hall–Kier alpha value is -0.570. The topological polar surface area (TPSA) is 32.3 Å². The number of rotatable bonds is 4. The maximum atomic E-state index is 12.2. The molecule has 0 aromatic carbocycles. The van der Waals surface area contributed by atoms with Crippen molar-refractivity contribution in [3.8, 4) is 0 Å². The van der Waals surface area contributed by atoms with Gasteiger partial charge in [-0.1, -0.05) is 19.3 Å². The number of likely N-dealkylation sites (tertiary alicyclic amines) is 1. The number of nitrogens with one attached hydrogen (secondary N) is 1. The molecule has 2 aliphatic rings. The van der Waals surface area contributed by atoms with Gasteiger partial charge in [-0.2, -0.15) is 0 Å². The van der Waals surface area contributed by atoms with Gasteiger partial charge in [0.2, 0.25) is 5.91 Å². The van der Waals surface area contributed by atoms with Crippen LogP contribution in [-0.2, 0) is 4.79 Å². The molecule has 2 atom stereocenters. The lowest BCUT2D eigenvalue weighted by Gasteiger charge is -2.31. The van der Waals surface area contributed by atoms with Gasteiger partial charge in [0.1, 0.15) is 0 Å². The number of carbonyl (C=O) groups excluding carboxylic acids is 1. The molecule has 1 aliphatic carbocycles. The Morgan fingerprint density at radius 1 is 1.06 bits per heavy atom. The molecular weight excluding hydrogens is 224 g/mol. The Balaban J connectivity index is 1.78. The van der Waals surface area contributed by atoms with Crippen molar-refractivity contribution in [3.05, 3.63) is 0 Å². The highest BCUT2D eigenvalue weighted by Crippen LogP contribution is 2.26. The second-order valence-corrected chi connectivity index (χ2v) is 6.11. The van der Waals surface area contributed by atoms with E-state index in [1.165, 1.54) is 44.9 Å². The summed E-state index contributed by atoms with van der Waals surface area (Å²) in [5, 5.41) is 3.54. The summed E-state index contributed by atoms with van der Waals surface area (Å²) < 4.78 is 0. The molecule has 0 bridgehead atoms. The van der Waals surface area contributed by atoms with Gasteiger partial charge in [0, 0.05) is 19.1 Å². The van der Waals surface area contributed by atoms with E-state index >= 15 is 0 Å². The van der Waals surface area contributed by atoms with Crippen molar-refractivity contribution in [3.63, 3.8) is 0 Å². The van der Waals surface area contributed by atoms with Crippen LogP contribution < -0.4 is 5.32 Å². The summed E-state index contributed by atoms with van der Waals surface area (Å²) >= 11 is 0. The molecule has 2 fully saturated rings. The van der Waals surface area contributed by atoms with Gasteiger partial charge in [-0.3, -0.25) is 4.79 Å². The zero-order valence-corrected chi connectivity index (χ0v) is 12.0. The molecule has 1 unspecified atom stereocenters. The van der Waals surface area contributed by atoms with E-state index in [-0.39, 0.29) is 6.04 Å². The molecule has 0 radical (unpaired) electrons. The van der Waals surface area contributed by atoms with Crippen LogP contribution in [-0.4, -0.2) is 36.0 Å². The van der Waals surface area contributed by atoms with Crippen LogP contribution in [0.4, 0.5) is 0 Å². The van der Waals surface area contributed by atoms with Crippen LogP contribution in [0.15, 0.2) is 0 Å². The third-order valence-corrected chi connectivity index (χ3v) is 4.66. The normalized spacial score (nSPS) is 25.1. The van der Waals surface area contributed by atoms with Crippen molar-refractivity contribution >= 4 is 5.91 Å². The van der Waals surface area contributed by atoms with Gasteiger partial charge >= 0.3 is 0 Å². The summed E-state index contributed by atoms with van der Waals surface area (Å²) in [5.41, 5.74) is 0. The van der Waals surface area contributed by atoms with Crippen LogP contribution in [0.3, 0.4) is 0 Å². The van der Waals surface area contributed by atoms with Crippen molar-refractivity contribution in [2.75, 3.05) is 13.1 Å². The fourth-order valence-electron chi connectivity index (χ4n) is 3.45. The predicted octanol–water partition coefficient (Wildman–Crippen LogP) is 2.56. The largest absolute Gasteiger partial charge is 0.341 e. The van der Waals surface area contributed by atoms with E-state index in [0.717, 1.165) is 19.0 Å². The molecule has 0 aromatic rings. The smallest absolute Gasteiger partial charge is 0.239 e. The minimum atomic E-state index is -0.0139. The SMILES string of the molecule is CC(N[C@@H](C)C1CCCCC1)C(=O)N1CCCC1. The summed E-state index contributed by atoms with van der Waals surface area (Å²) in [6.45, 7) is 6.20. The predicted molar refractivity (Wildman–Crippen MR) is 74.4 cm³/mol. The fraction of sp³-hybridized carbons (Fsp3) is 0.933. The molecule has 18 heavy (non-hydrogen) atoms. The zero-order valence-electron chi connectivity index (χ0n) is 12.0. The third-order valence-electron chi connectivity index (χ3n) is 4.66. The van der Waals surface area contributed by atoms with E-state index < -0.39 is 0 Å². The summed E-state index contributed by atoms with van der Waals surface area (Å²) in [7, 11) is 0. The Morgan fingerprint density at radius 2 is 1.67 bits per heavy atom. The standard InChI is InChI=1S/C15H28N2O/c1-12(14-8-4-3-5-9-14)16-13(2)15(18)17-10-6-7-11-17/h12-14,16H,3-11H2,1-2H3/t12-,13?/m0/s1. The quantitative estimate of drug-likeness (QED) is 0.834. The lowest BCUT2D eigenvalue weighted by molar-refractivity contribution is -0.132. The number of carbonyl (C=O) groups is 1. The molecule has 1 saturated carbocycles. The summed E-state index contributed by atoms with van der Waals surface area (Å²) in [6.07, 6.45) is 9.15. The Bertz CT molecular complexity index is 268. The highest BCUT2D eigenvalue weighted by Gasteiger charge is 2.27. The molecule has 2 rings (SSSR count). The molecule has 104 valence electrons. The molecule has 1 N–H and O–H groups in total. The average molecular weight is 252 g/mol. The van der Waals surface area contributed by atoms with E-state index in [1.54, 1.807) is 0 Å². The Labute approximate surface area is 111 Å². The highest BCUT2D eigenvalue weighted by atomic mass is 16.2. The molecule has 3 heteroatoms. The van der Waals surface area contributed by atoms with E-state index in [9.17, 15) is 4.79 Å². The van der Waals surface area contributed by atoms with Gasteiger partial charge in [0.05, 0.1) is 6.04 Å². The highest BCUT2D eigenvalue weighted by molar-refractivity contribution is 5.81. The maximum absolute atomic E-state index is 12.2. The summed E-state index contributed by atoms with van der Waals surface area (Å²) in [5.74, 6) is 1.07. The minimum Gasteiger partial charge on any atom is -0.341 e. The third kappa shape index (κ3) is 3.47. The van der Waals surface area contributed by atoms with Crippen LogP contribution in [0.5, 0.6) is 0 Å². The van der Waals surface area contributed by atoms with Gasteiger partial charge in [-0.15, -0.1) is 0 Å². The lowest BCUT2D eigenvalue weighted by Crippen LogP contribution is -2.49. The molecule has 3 nitrogen and oxygen atoms in total. The second-order valence-electron chi connectivity index (χ2n) is 6.11. The van der Waals surface area contributed by atoms with E-state index in [1.807, 2.05) is 11.8 Å².